The van der Waals surface area contributed by atoms with Crippen LogP contribution >= 0.6 is 11.3 Å². The predicted molar refractivity (Wildman–Crippen MR) is 109 cm³/mol. The van der Waals surface area contributed by atoms with Crippen LogP contribution in [0.15, 0.2) is 41.2 Å². The number of hydrogen-bond acceptors (Lipinski definition) is 6. The number of thiophene rings is 1. The number of anilines is 1. The number of nitrogens with one attached hydrogen (secondary N) is 2. The fourth-order valence-electron chi connectivity index (χ4n) is 2.66. The second-order valence-corrected chi connectivity index (χ2v) is 6.55. The van der Waals surface area contributed by atoms with E-state index in [1.165, 1.54) is 21.3 Å². The van der Waals surface area contributed by atoms with Crippen molar-refractivity contribution in [3.8, 4) is 28.5 Å². The topological polar surface area (TPSA) is 86.6 Å². The molecule has 0 aliphatic rings. The third-order valence-corrected chi connectivity index (χ3v) is 4.69. The third-order valence-electron chi connectivity index (χ3n) is 4.01. The minimum Gasteiger partial charge on any atom is -0.493 e. The maximum Gasteiger partial charge on any atom is 0.319 e. The predicted octanol–water partition coefficient (Wildman–Crippen LogP) is 3.46. The van der Waals surface area contributed by atoms with Crippen LogP contribution in [0.1, 0.15) is 0 Å². The number of ether oxygens (including phenoxy) is 3. The summed E-state index contributed by atoms with van der Waals surface area (Å²) in [7, 11) is 4.57. The Morgan fingerprint density at radius 1 is 1.14 bits per heavy atom. The molecule has 2 heterocycles. The van der Waals surface area contributed by atoms with E-state index in [2.05, 4.69) is 21.1 Å². The zero-order valence-electron chi connectivity index (χ0n) is 15.9. The monoisotopic (exact) mass is 402 g/mol. The van der Waals surface area contributed by atoms with Gasteiger partial charge in [0.25, 0.3) is 0 Å². The van der Waals surface area contributed by atoms with Crippen molar-refractivity contribution in [2.24, 2.45) is 0 Å². The minimum absolute atomic E-state index is 0.334. The molecule has 0 spiro atoms. The van der Waals surface area contributed by atoms with Gasteiger partial charge in [0.1, 0.15) is 0 Å². The second-order valence-electron chi connectivity index (χ2n) is 5.77. The van der Waals surface area contributed by atoms with E-state index in [9.17, 15) is 4.79 Å². The highest BCUT2D eigenvalue weighted by Crippen LogP contribution is 2.39. The van der Waals surface area contributed by atoms with Gasteiger partial charge in [-0.3, -0.25) is 4.68 Å². The van der Waals surface area contributed by atoms with Crippen LogP contribution in [0.2, 0.25) is 0 Å². The Hall–Kier alpha value is -3.20. The first-order chi connectivity index (χ1) is 13.6. The van der Waals surface area contributed by atoms with E-state index < -0.39 is 0 Å². The summed E-state index contributed by atoms with van der Waals surface area (Å²) in [4.78, 5) is 12.2. The van der Waals surface area contributed by atoms with Crippen molar-refractivity contribution in [2.45, 2.75) is 6.54 Å². The fourth-order valence-corrected chi connectivity index (χ4v) is 3.31. The van der Waals surface area contributed by atoms with E-state index in [4.69, 9.17) is 14.2 Å². The number of urea groups is 1. The van der Waals surface area contributed by atoms with E-state index >= 15 is 0 Å². The molecule has 148 valence electrons. The Balaban J connectivity index is 1.55. The highest BCUT2D eigenvalue weighted by Gasteiger charge is 2.14. The van der Waals surface area contributed by atoms with Gasteiger partial charge in [-0.1, -0.05) is 0 Å². The molecule has 0 saturated heterocycles. The smallest absolute Gasteiger partial charge is 0.319 e. The molecule has 0 atom stereocenters. The molecular formula is C19H22N4O4S. The lowest BCUT2D eigenvalue weighted by Crippen LogP contribution is -2.31. The van der Waals surface area contributed by atoms with Crippen LogP contribution < -0.4 is 24.8 Å². The summed E-state index contributed by atoms with van der Waals surface area (Å²) in [5.74, 6) is 1.40. The van der Waals surface area contributed by atoms with E-state index in [1.807, 2.05) is 23.7 Å². The van der Waals surface area contributed by atoms with Gasteiger partial charge in [0.15, 0.2) is 11.5 Å². The number of hydrogen-bond donors (Lipinski definition) is 2. The molecule has 8 nitrogen and oxygen atoms in total. The zero-order valence-corrected chi connectivity index (χ0v) is 16.7. The van der Waals surface area contributed by atoms with Crippen molar-refractivity contribution in [3.63, 3.8) is 0 Å². The van der Waals surface area contributed by atoms with E-state index in [0.717, 1.165) is 11.3 Å². The van der Waals surface area contributed by atoms with Gasteiger partial charge in [-0.2, -0.15) is 16.4 Å². The zero-order chi connectivity index (χ0) is 19.9. The lowest BCUT2D eigenvalue weighted by atomic mass is 10.2. The van der Waals surface area contributed by atoms with Crippen LogP contribution in [-0.4, -0.2) is 43.7 Å². The summed E-state index contributed by atoms with van der Waals surface area (Å²) in [6.45, 7) is 0.994. The van der Waals surface area contributed by atoms with Crippen molar-refractivity contribution in [2.75, 3.05) is 33.2 Å². The first-order valence-electron chi connectivity index (χ1n) is 8.55. The number of methoxy groups -OCH3 is 3. The van der Waals surface area contributed by atoms with Crippen molar-refractivity contribution in [1.29, 1.82) is 0 Å². The molecule has 2 N–H and O–H groups in total. The van der Waals surface area contributed by atoms with Gasteiger partial charge in [-0.25, -0.2) is 4.79 Å². The number of amides is 2. The van der Waals surface area contributed by atoms with Gasteiger partial charge in [0.2, 0.25) is 5.75 Å². The van der Waals surface area contributed by atoms with Crippen molar-refractivity contribution < 1.29 is 19.0 Å². The van der Waals surface area contributed by atoms with E-state index in [0.29, 0.717) is 36.0 Å². The van der Waals surface area contributed by atoms with Crippen LogP contribution in [-0.2, 0) is 6.54 Å². The summed E-state index contributed by atoms with van der Waals surface area (Å²) in [5, 5.41) is 14.1. The quantitative estimate of drug-likeness (QED) is 0.603. The summed E-state index contributed by atoms with van der Waals surface area (Å²) in [6.07, 6.45) is 1.89. The first-order valence-corrected chi connectivity index (χ1v) is 9.49. The lowest BCUT2D eigenvalue weighted by Gasteiger charge is -2.15. The number of nitrogens with zero attached hydrogens (tertiary/aromatic N) is 2. The van der Waals surface area contributed by atoms with Gasteiger partial charge in [0.05, 0.1) is 39.3 Å². The highest BCUT2D eigenvalue weighted by atomic mass is 32.1. The van der Waals surface area contributed by atoms with E-state index in [-0.39, 0.29) is 6.03 Å². The molecule has 28 heavy (non-hydrogen) atoms. The van der Waals surface area contributed by atoms with Gasteiger partial charge < -0.3 is 24.8 Å². The molecule has 0 bridgehead atoms. The molecule has 0 saturated carbocycles. The Morgan fingerprint density at radius 3 is 2.50 bits per heavy atom. The standard InChI is InChI=1S/C19H22N4O4S/c1-25-16-10-14(11-17(26-2)18(16)27-3)21-19(24)20-6-8-23-7-4-15(22-23)13-5-9-28-12-13/h4-5,7,9-12H,6,8H2,1-3H3,(H2,20,21,24). The number of carbonyl (C=O) groups is 1. The summed E-state index contributed by atoms with van der Waals surface area (Å²) in [6, 6.07) is 6.99. The first kappa shape index (κ1) is 19.6. The minimum atomic E-state index is -0.334. The third kappa shape index (κ3) is 4.55. The van der Waals surface area contributed by atoms with Crippen LogP contribution in [0.4, 0.5) is 10.5 Å². The maximum absolute atomic E-state index is 12.2. The highest BCUT2D eigenvalue weighted by molar-refractivity contribution is 7.08. The summed E-state index contributed by atoms with van der Waals surface area (Å²) in [5.41, 5.74) is 2.55. The van der Waals surface area contributed by atoms with Gasteiger partial charge in [-0.05, 0) is 17.5 Å². The van der Waals surface area contributed by atoms with Crippen LogP contribution in [0.5, 0.6) is 17.2 Å². The number of aromatic nitrogens is 2. The Morgan fingerprint density at radius 2 is 1.89 bits per heavy atom. The molecule has 0 aliphatic heterocycles. The van der Waals surface area contributed by atoms with Crippen LogP contribution in [0.3, 0.4) is 0 Å². The molecular weight excluding hydrogens is 380 g/mol. The Labute approximate surface area is 167 Å². The molecule has 0 unspecified atom stereocenters. The van der Waals surface area contributed by atoms with E-state index in [1.54, 1.807) is 28.2 Å². The average molecular weight is 402 g/mol. The van der Waals surface area contributed by atoms with Crippen molar-refractivity contribution in [3.05, 3.63) is 41.2 Å². The fraction of sp³-hybridized carbons (Fsp3) is 0.263. The molecule has 2 amide bonds. The maximum atomic E-state index is 12.2. The number of benzene rings is 1. The Bertz CT molecular complexity index is 899. The number of rotatable bonds is 8. The SMILES string of the molecule is COc1cc(NC(=O)NCCn2ccc(-c3ccsc3)n2)cc(OC)c1OC. The molecule has 0 fully saturated rings. The normalized spacial score (nSPS) is 10.4. The molecule has 9 heteroatoms. The van der Waals surface area contributed by atoms with Crippen LogP contribution in [0, 0.1) is 0 Å². The summed E-state index contributed by atoms with van der Waals surface area (Å²) >= 11 is 1.63. The molecule has 3 rings (SSSR count). The Kier molecular flexibility index (Phi) is 6.38. The molecule has 0 aliphatic carbocycles. The largest absolute Gasteiger partial charge is 0.493 e. The van der Waals surface area contributed by atoms with Crippen LogP contribution in [0.25, 0.3) is 11.3 Å². The van der Waals surface area contributed by atoms with Gasteiger partial charge >= 0.3 is 6.03 Å². The molecule has 0 radical (unpaired) electrons. The average Bonchev–Trinajstić information content (AvgIpc) is 3.38. The lowest BCUT2D eigenvalue weighted by molar-refractivity contribution is 0.251. The second kappa shape index (κ2) is 9.14. The molecule has 1 aromatic carbocycles. The number of carbonyl (C=O) groups excluding carboxylic acids is 1. The van der Waals surface area contributed by atoms with Gasteiger partial charge in [-0.15, -0.1) is 0 Å². The van der Waals surface area contributed by atoms with Gasteiger partial charge in [0, 0.05) is 35.8 Å². The van der Waals surface area contributed by atoms with Crippen molar-refractivity contribution >= 4 is 23.1 Å². The van der Waals surface area contributed by atoms with Crippen molar-refractivity contribution in [1.82, 2.24) is 15.1 Å². The summed E-state index contributed by atoms with van der Waals surface area (Å²) < 4.78 is 17.6. The molecule has 3 aromatic rings. The molecule has 2 aromatic heterocycles.